The smallest absolute Gasteiger partial charge is 0.411 e. The van der Waals surface area contributed by atoms with Gasteiger partial charge in [0.2, 0.25) is 0 Å². The van der Waals surface area contributed by atoms with Gasteiger partial charge in [0.1, 0.15) is 6.10 Å². The summed E-state index contributed by atoms with van der Waals surface area (Å²) in [5.74, 6) is -0.243. The summed E-state index contributed by atoms with van der Waals surface area (Å²) in [6, 6.07) is 13.7. The molecule has 0 aliphatic carbocycles. The summed E-state index contributed by atoms with van der Waals surface area (Å²) in [6.45, 7) is 2.93. The van der Waals surface area contributed by atoms with Crippen LogP contribution in [0.3, 0.4) is 0 Å². The van der Waals surface area contributed by atoms with E-state index >= 15 is 0 Å². The largest absolute Gasteiger partial charge is 0.439 e. The summed E-state index contributed by atoms with van der Waals surface area (Å²) >= 11 is 6.21. The summed E-state index contributed by atoms with van der Waals surface area (Å²) in [5.41, 5.74) is 1.24. The van der Waals surface area contributed by atoms with Gasteiger partial charge >= 0.3 is 6.09 Å². The number of carbonyl (C=O) groups excluding carboxylic acids is 2. The Bertz CT molecular complexity index is 1130. The van der Waals surface area contributed by atoms with E-state index in [-0.39, 0.29) is 45.7 Å². The number of ether oxygens (including phenoxy) is 1. The van der Waals surface area contributed by atoms with Crippen molar-refractivity contribution in [1.29, 1.82) is 0 Å². The van der Waals surface area contributed by atoms with Gasteiger partial charge in [-0.25, -0.2) is 13.2 Å². The van der Waals surface area contributed by atoms with Gasteiger partial charge < -0.3 is 9.64 Å². The average molecular weight is 477 g/mol. The lowest BCUT2D eigenvalue weighted by atomic mass is 9.98. The zero-order valence-corrected chi connectivity index (χ0v) is 19.5. The van der Waals surface area contributed by atoms with Gasteiger partial charge in [-0.3, -0.25) is 9.69 Å². The van der Waals surface area contributed by atoms with E-state index in [0.717, 1.165) is 11.8 Å². The van der Waals surface area contributed by atoms with Gasteiger partial charge in [0.25, 0.3) is 5.91 Å². The highest BCUT2D eigenvalue weighted by Gasteiger charge is 2.44. The van der Waals surface area contributed by atoms with Crippen molar-refractivity contribution < 1.29 is 22.7 Å². The fourth-order valence-corrected chi connectivity index (χ4v) is 5.44. The van der Waals surface area contributed by atoms with E-state index in [9.17, 15) is 18.0 Å². The maximum absolute atomic E-state index is 13.0. The number of piperidine rings is 1. The van der Waals surface area contributed by atoms with Crippen LogP contribution in [0.5, 0.6) is 0 Å². The number of rotatable bonds is 4. The van der Waals surface area contributed by atoms with Gasteiger partial charge in [-0.05, 0) is 43.5 Å². The Kier molecular flexibility index (Phi) is 6.18. The summed E-state index contributed by atoms with van der Waals surface area (Å²) < 4.78 is 29.1. The lowest BCUT2D eigenvalue weighted by molar-refractivity contribution is 0.0640. The molecule has 0 N–H and O–H groups in total. The summed E-state index contributed by atoms with van der Waals surface area (Å²) in [7, 11) is -3.40. The highest BCUT2D eigenvalue weighted by atomic mass is 35.5. The number of halogens is 1. The minimum atomic E-state index is -3.40. The first-order valence-corrected chi connectivity index (χ1v) is 12.8. The molecule has 2 aromatic carbocycles. The zero-order chi connectivity index (χ0) is 23.0. The minimum Gasteiger partial charge on any atom is -0.439 e. The van der Waals surface area contributed by atoms with Crippen molar-refractivity contribution in [2.45, 2.75) is 42.8 Å². The van der Waals surface area contributed by atoms with Crippen LogP contribution in [0.25, 0.3) is 0 Å². The quantitative estimate of drug-likeness (QED) is 0.667. The number of hydrogen-bond acceptors (Lipinski definition) is 5. The molecule has 4 rings (SSSR count). The molecule has 0 radical (unpaired) electrons. The molecule has 2 unspecified atom stereocenters. The Morgan fingerprint density at radius 3 is 2.34 bits per heavy atom. The van der Waals surface area contributed by atoms with Crippen LogP contribution in [0.15, 0.2) is 53.4 Å². The number of sulfone groups is 1. The molecule has 2 aliphatic heterocycles. The number of likely N-dealkylation sites (tertiary alicyclic amines) is 1. The van der Waals surface area contributed by atoms with Gasteiger partial charge in [0, 0.05) is 25.4 Å². The highest BCUT2D eigenvalue weighted by molar-refractivity contribution is 7.90. The van der Waals surface area contributed by atoms with Crippen LogP contribution in [0, 0.1) is 0 Å². The molecule has 2 aromatic rings. The molecule has 2 atom stereocenters. The fourth-order valence-electron chi connectivity index (χ4n) is 4.47. The maximum Gasteiger partial charge on any atom is 0.411 e. The van der Waals surface area contributed by atoms with Crippen LogP contribution < -0.4 is 0 Å². The molecule has 2 aliphatic rings. The number of cyclic esters (lactones) is 1. The molecule has 2 saturated heterocycles. The van der Waals surface area contributed by atoms with Gasteiger partial charge in [-0.15, -0.1) is 0 Å². The van der Waals surface area contributed by atoms with Crippen molar-refractivity contribution >= 4 is 33.4 Å². The van der Waals surface area contributed by atoms with E-state index in [2.05, 4.69) is 0 Å². The zero-order valence-electron chi connectivity index (χ0n) is 17.9. The highest BCUT2D eigenvalue weighted by Crippen LogP contribution is 2.36. The number of nitrogens with zero attached hydrogens (tertiary/aromatic N) is 2. The van der Waals surface area contributed by atoms with Gasteiger partial charge in [0.15, 0.2) is 9.84 Å². The molecule has 0 saturated carbocycles. The predicted molar refractivity (Wildman–Crippen MR) is 120 cm³/mol. The number of amides is 2. The fraction of sp³-hybridized carbons (Fsp3) is 0.391. The van der Waals surface area contributed by atoms with E-state index in [4.69, 9.17) is 16.3 Å². The van der Waals surface area contributed by atoms with Crippen LogP contribution in [-0.2, 0) is 14.6 Å². The first-order valence-electron chi connectivity index (χ1n) is 10.5. The maximum atomic E-state index is 13.0. The normalized spacial score (nSPS) is 22.2. The van der Waals surface area contributed by atoms with Crippen molar-refractivity contribution in [3.05, 3.63) is 64.7 Å². The third-order valence-electron chi connectivity index (χ3n) is 6.19. The first kappa shape index (κ1) is 22.6. The molecular formula is C23H25ClN2O5S. The Hall–Kier alpha value is -2.58. The topological polar surface area (TPSA) is 84.0 Å². The van der Waals surface area contributed by atoms with Crippen LogP contribution in [0.1, 0.15) is 41.8 Å². The average Bonchev–Trinajstić information content (AvgIpc) is 3.07. The van der Waals surface area contributed by atoms with Crippen LogP contribution >= 0.6 is 11.6 Å². The van der Waals surface area contributed by atoms with Crippen LogP contribution in [0.4, 0.5) is 4.79 Å². The monoisotopic (exact) mass is 476 g/mol. The third kappa shape index (κ3) is 4.34. The Morgan fingerprint density at radius 1 is 1.09 bits per heavy atom. The second-order valence-electron chi connectivity index (χ2n) is 8.30. The van der Waals surface area contributed by atoms with E-state index in [0.29, 0.717) is 25.9 Å². The van der Waals surface area contributed by atoms with Crippen molar-refractivity contribution in [3.63, 3.8) is 0 Å². The van der Waals surface area contributed by atoms with Crippen molar-refractivity contribution in [3.8, 4) is 0 Å². The lowest BCUT2D eigenvalue weighted by Gasteiger charge is -2.37. The van der Waals surface area contributed by atoms with Crippen molar-refractivity contribution in [1.82, 2.24) is 9.80 Å². The summed E-state index contributed by atoms with van der Waals surface area (Å²) in [4.78, 5) is 29.1. The molecule has 2 fully saturated rings. The van der Waals surface area contributed by atoms with Crippen molar-refractivity contribution in [2.75, 3.05) is 19.3 Å². The molecule has 0 aromatic heterocycles. The molecule has 0 spiro atoms. The molecule has 170 valence electrons. The van der Waals surface area contributed by atoms with E-state index in [1.807, 2.05) is 37.3 Å². The Labute approximate surface area is 192 Å². The Morgan fingerprint density at radius 2 is 1.75 bits per heavy atom. The molecular weight excluding hydrogens is 452 g/mol. The molecule has 9 heteroatoms. The number of carbonyl (C=O) groups is 2. The molecule has 2 amide bonds. The predicted octanol–water partition coefficient (Wildman–Crippen LogP) is 3.93. The van der Waals surface area contributed by atoms with Gasteiger partial charge in [0.05, 0.1) is 21.5 Å². The second-order valence-corrected chi connectivity index (χ2v) is 10.7. The lowest BCUT2D eigenvalue weighted by Crippen LogP contribution is -2.49. The van der Waals surface area contributed by atoms with Crippen molar-refractivity contribution in [2.24, 2.45) is 0 Å². The first-order chi connectivity index (χ1) is 15.2. The van der Waals surface area contributed by atoms with E-state index in [1.165, 1.54) is 18.2 Å². The summed E-state index contributed by atoms with van der Waals surface area (Å²) in [6.07, 6.45) is 1.72. The molecule has 7 nitrogen and oxygen atoms in total. The van der Waals surface area contributed by atoms with Gasteiger partial charge in [-0.2, -0.15) is 0 Å². The number of hydrogen-bond donors (Lipinski definition) is 0. The van der Waals surface area contributed by atoms with Crippen LogP contribution in [-0.4, -0.2) is 61.6 Å². The molecule has 2 heterocycles. The SMILES string of the molecule is CC1C(c2ccccc2)OC(=O)N1C1CCN(C(=O)c2ccc(S(C)(=O)=O)cc2Cl)CC1. The Balaban J connectivity index is 1.42. The van der Waals surface area contributed by atoms with E-state index in [1.54, 1.807) is 9.80 Å². The molecule has 32 heavy (non-hydrogen) atoms. The molecule has 0 bridgehead atoms. The van der Waals surface area contributed by atoms with Gasteiger partial charge in [-0.1, -0.05) is 41.9 Å². The standard InChI is InChI=1S/C23H25ClN2O5S/c1-15-21(16-6-4-3-5-7-16)31-23(28)26(15)17-10-12-25(13-11-17)22(27)19-9-8-18(14-20(19)24)32(2,29)30/h3-9,14-15,17,21H,10-13H2,1-2H3. The third-order valence-corrected chi connectivity index (χ3v) is 7.61. The minimum absolute atomic E-state index is 0.0154. The number of benzene rings is 2. The van der Waals surface area contributed by atoms with Crippen LogP contribution in [0.2, 0.25) is 5.02 Å². The summed E-state index contributed by atoms with van der Waals surface area (Å²) in [5, 5.41) is 0.113. The second kappa shape index (κ2) is 8.75. The van der Waals surface area contributed by atoms with E-state index < -0.39 is 9.84 Å².